The van der Waals surface area contributed by atoms with Gasteiger partial charge in [-0.25, -0.2) is 10.5 Å². The van der Waals surface area contributed by atoms with Gasteiger partial charge in [0.1, 0.15) is 5.82 Å². The topological polar surface area (TPSA) is 77.5 Å². The number of amides is 1. The molecule has 3 N–H and O–H groups in total. The summed E-state index contributed by atoms with van der Waals surface area (Å²) in [6, 6.07) is 4.30. The van der Waals surface area contributed by atoms with Gasteiger partial charge >= 0.3 is 0 Å². The summed E-state index contributed by atoms with van der Waals surface area (Å²) in [7, 11) is 0. The molecule has 2 heterocycles. The summed E-state index contributed by atoms with van der Waals surface area (Å²) >= 11 is 0. The fourth-order valence-electron chi connectivity index (χ4n) is 4.08. The van der Waals surface area contributed by atoms with Gasteiger partial charge in [-0.3, -0.25) is 10.0 Å². The standard InChI is InChI=1S/C20H30N4O2.2ClH/c25-20(23-26)11-9-16-8-10-19(21-13-16)22-18-7-4-12-24(15-18)14-17-5-2-1-3-6-17;;/h8-11,13,17-18,26H,1-7,12,14-15H2,(H,21,22)(H,23,25);2*1H/b11-9+;;/t18-;;/m1../s1. The van der Waals surface area contributed by atoms with E-state index in [-0.39, 0.29) is 24.8 Å². The highest BCUT2D eigenvalue weighted by Gasteiger charge is 2.23. The van der Waals surface area contributed by atoms with Gasteiger partial charge in [-0.2, -0.15) is 0 Å². The van der Waals surface area contributed by atoms with E-state index in [4.69, 9.17) is 5.21 Å². The summed E-state index contributed by atoms with van der Waals surface area (Å²) in [4.78, 5) is 18.1. The van der Waals surface area contributed by atoms with Crippen molar-refractivity contribution in [2.45, 2.75) is 51.0 Å². The lowest BCUT2D eigenvalue weighted by atomic mass is 9.88. The van der Waals surface area contributed by atoms with Crippen LogP contribution < -0.4 is 10.8 Å². The Kier molecular flexibility index (Phi) is 11.5. The van der Waals surface area contributed by atoms with E-state index < -0.39 is 5.91 Å². The minimum Gasteiger partial charge on any atom is -0.366 e. The number of nitrogens with zero attached hydrogens (tertiary/aromatic N) is 2. The molecule has 0 radical (unpaired) electrons. The van der Waals surface area contributed by atoms with Gasteiger partial charge in [0.15, 0.2) is 0 Å². The van der Waals surface area contributed by atoms with Crippen molar-refractivity contribution in [2.24, 2.45) is 5.92 Å². The molecule has 2 fully saturated rings. The first-order valence-electron chi connectivity index (χ1n) is 9.80. The molecule has 1 amide bonds. The molecule has 6 nitrogen and oxygen atoms in total. The molecule has 0 unspecified atom stereocenters. The Labute approximate surface area is 179 Å². The molecule has 158 valence electrons. The Morgan fingerprint density at radius 2 is 1.96 bits per heavy atom. The van der Waals surface area contributed by atoms with Crippen molar-refractivity contribution in [1.29, 1.82) is 0 Å². The van der Waals surface area contributed by atoms with E-state index in [1.165, 1.54) is 64.1 Å². The van der Waals surface area contributed by atoms with Crippen molar-refractivity contribution in [2.75, 3.05) is 25.0 Å². The van der Waals surface area contributed by atoms with Gasteiger partial charge in [0, 0.05) is 31.4 Å². The third kappa shape index (κ3) is 7.95. The number of likely N-dealkylation sites (tertiary alicyclic amines) is 1. The molecule has 8 heteroatoms. The largest absolute Gasteiger partial charge is 0.366 e. The van der Waals surface area contributed by atoms with Crippen LogP contribution in [0.2, 0.25) is 0 Å². The van der Waals surface area contributed by atoms with Crippen LogP contribution in [-0.4, -0.2) is 46.7 Å². The number of carbonyl (C=O) groups is 1. The highest BCUT2D eigenvalue weighted by atomic mass is 35.5. The lowest BCUT2D eigenvalue weighted by molar-refractivity contribution is -0.124. The molecule has 1 atom stereocenters. The molecular formula is C20H32Cl2N4O2. The molecule has 1 aliphatic heterocycles. The van der Waals surface area contributed by atoms with Crippen molar-refractivity contribution in [1.82, 2.24) is 15.4 Å². The number of hydrogen-bond donors (Lipinski definition) is 3. The Morgan fingerprint density at radius 3 is 2.64 bits per heavy atom. The summed E-state index contributed by atoms with van der Waals surface area (Å²) in [5.74, 6) is 1.22. The minimum absolute atomic E-state index is 0. The van der Waals surface area contributed by atoms with Crippen LogP contribution in [0, 0.1) is 5.92 Å². The normalized spacial score (nSPS) is 20.8. The van der Waals surface area contributed by atoms with Gasteiger partial charge < -0.3 is 10.2 Å². The highest BCUT2D eigenvalue weighted by Crippen LogP contribution is 2.26. The maximum Gasteiger partial charge on any atom is 0.267 e. The van der Waals surface area contributed by atoms with Gasteiger partial charge in [-0.1, -0.05) is 19.3 Å². The third-order valence-corrected chi connectivity index (χ3v) is 5.42. The Bertz CT molecular complexity index is 607. The number of anilines is 1. The van der Waals surface area contributed by atoms with Crippen LogP contribution in [0.3, 0.4) is 0 Å². The zero-order valence-corrected chi connectivity index (χ0v) is 17.8. The number of rotatable bonds is 6. The molecule has 0 spiro atoms. The van der Waals surface area contributed by atoms with Gasteiger partial charge in [-0.05, 0) is 61.9 Å². The molecule has 3 rings (SSSR count). The lowest BCUT2D eigenvalue weighted by Gasteiger charge is -2.36. The van der Waals surface area contributed by atoms with Crippen LogP contribution in [-0.2, 0) is 4.79 Å². The van der Waals surface area contributed by atoms with Gasteiger partial charge in [0.25, 0.3) is 5.91 Å². The van der Waals surface area contributed by atoms with Crippen molar-refractivity contribution in [3.05, 3.63) is 30.0 Å². The van der Waals surface area contributed by atoms with E-state index in [2.05, 4.69) is 15.2 Å². The van der Waals surface area contributed by atoms with Crippen molar-refractivity contribution in [3.63, 3.8) is 0 Å². The first-order chi connectivity index (χ1) is 12.7. The lowest BCUT2D eigenvalue weighted by Crippen LogP contribution is -2.44. The zero-order chi connectivity index (χ0) is 18.2. The van der Waals surface area contributed by atoms with Crippen LogP contribution in [0.15, 0.2) is 24.4 Å². The maximum absolute atomic E-state index is 11.0. The fraction of sp³-hybridized carbons (Fsp3) is 0.600. The molecular weight excluding hydrogens is 399 g/mol. The van der Waals surface area contributed by atoms with Crippen molar-refractivity contribution in [3.8, 4) is 0 Å². The summed E-state index contributed by atoms with van der Waals surface area (Å²) in [6.45, 7) is 3.57. The van der Waals surface area contributed by atoms with Gasteiger partial charge in [0.2, 0.25) is 0 Å². The SMILES string of the molecule is Cl.Cl.O=C(/C=C/c1ccc(N[C@@H]2CCCN(CC3CCCCC3)C2)nc1)NO. The van der Waals surface area contributed by atoms with Crippen molar-refractivity contribution < 1.29 is 10.0 Å². The molecule has 28 heavy (non-hydrogen) atoms. The van der Waals surface area contributed by atoms with E-state index in [0.29, 0.717) is 6.04 Å². The second kappa shape index (κ2) is 13.0. The van der Waals surface area contributed by atoms with Crippen LogP contribution in [0.4, 0.5) is 5.82 Å². The monoisotopic (exact) mass is 430 g/mol. The molecule has 0 aromatic carbocycles. The van der Waals surface area contributed by atoms with Crippen molar-refractivity contribution >= 4 is 42.6 Å². The Hall–Kier alpha value is -1.34. The predicted molar refractivity (Wildman–Crippen MR) is 117 cm³/mol. The second-order valence-electron chi connectivity index (χ2n) is 7.53. The number of halogens is 2. The number of pyridine rings is 1. The number of carbonyl (C=O) groups excluding carboxylic acids is 1. The first kappa shape index (κ1) is 24.7. The molecule has 0 bridgehead atoms. The number of piperidine rings is 1. The smallest absolute Gasteiger partial charge is 0.267 e. The van der Waals surface area contributed by atoms with Crippen LogP contribution in [0.25, 0.3) is 6.08 Å². The number of hydrogen-bond acceptors (Lipinski definition) is 5. The molecule has 1 aromatic heterocycles. The van der Waals surface area contributed by atoms with Crippen LogP contribution >= 0.6 is 24.8 Å². The molecule has 1 aromatic rings. The van der Waals surface area contributed by atoms with E-state index in [9.17, 15) is 4.79 Å². The predicted octanol–water partition coefficient (Wildman–Crippen LogP) is 3.90. The van der Waals surface area contributed by atoms with Crippen LogP contribution in [0.5, 0.6) is 0 Å². The minimum atomic E-state index is -0.549. The molecule has 1 saturated carbocycles. The molecule has 1 saturated heterocycles. The van der Waals surface area contributed by atoms with E-state index >= 15 is 0 Å². The van der Waals surface area contributed by atoms with E-state index in [0.717, 1.165) is 23.8 Å². The maximum atomic E-state index is 11.0. The Morgan fingerprint density at radius 1 is 1.18 bits per heavy atom. The number of hydroxylamine groups is 1. The average Bonchev–Trinajstić information content (AvgIpc) is 2.68. The second-order valence-corrected chi connectivity index (χ2v) is 7.53. The number of aromatic nitrogens is 1. The summed E-state index contributed by atoms with van der Waals surface area (Å²) in [5.41, 5.74) is 2.39. The molecule has 2 aliphatic rings. The highest BCUT2D eigenvalue weighted by molar-refractivity contribution is 5.90. The summed E-state index contributed by atoms with van der Waals surface area (Å²) in [6.07, 6.45) is 14.1. The number of nitrogens with one attached hydrogen (secondary N) is 2. The Balaban J connectivity index is 0.00000196. The van der Waals surface area contributed by atoms with E-state index in [1.807, 2.05) is 12.1 Å². The van der Waals surface area contributed by atoms with Crippen LogP contribution in [0.1, 0.15) is 50.5 Å². The quantitative estimate of drug-likeness (QED) is 0.362. The van der Waals surface area contributed by atoms with E-state index in [1.54, 1.807) is 17.8 Å². The average molecular weight is 431 g/mol. The fourth-order valence-corrected chi connectivity index (χ4v) is 4.08. The third-order valence-electron chi connectivity index (χ3n) is 5.42. The summed E-state index contributed by atoms with van der Waals surface area (Å²) < 4.78 is 0. The molecule has 1 aliphatic carbocycles. The zero-order valence-electron chi connectivity index (χ0n) is 16.2. The van der Waals surface area contributed by atoms with Gasteiger partial charge in [0.05, 0.1) is 0 Å². The summed E-state index contributed by atoms with van der Waals surface area (Å²) in [5, 5.41) is 12.0. The van der Waals surface area contributed by atoms with Gasteiger partial charge in [-0.15, -0.1) is 24.8 Å². The first-order valence-corrected chi connectivity index (χ1v) is 9.80.